The van der Waals surface area contributed by atoms with E-state index in [1.807, 2.05) is 12.3 Å². The van der Waals surface area contributed by atoms with Crippen LogP contribution in [0.25, 0.3) is 0 Å². The Balaban J connectivity index is 1.47. The number of nitrogens with zero attached hydrogens (tertiary/aromatic N) is 4. The van der Waals surface area contributed by atoms with Crippen LogP contribution < -0.4 is 0 Å². The highest BCUT2D eigenvalue weighted by Crippen LogP contribution is 2.42. The molecule has 3 heterocycles. The summed E-state index contributed by atoms with van der Waals surface area (Å²) in [7, 11) is 0. The Morgan fingerprint density at radius 1 is 1.29 bits per heavy atom. The van der Waals surface area contributed by atoms with E-state index in [1.54, 1.807) is 6.20 Å². The van der Waals surface area contributed by atoms with Gasteiger partial charge in [0, 0.05) is 44.1 Å². The minimum Gasteiger partial charge on any atom is -0.333 e. The van der Waals surface area contributed by atoms with Gasteiger partial charge in [0.05, 0.1) is 6.07 Å². The molecule has 5 heteroatoms. The Labute approximate surface area is 143 Å². The highest BCUT2D eigenvalue weighted by Gasteiger charge is 2.51. The number of nitriles is 1. The molecular weight excluding hydrogens is 300 g/mol. The zero-order chi connectivity index (χ0) is 16.6. The summed E-state index contributed by atoms with van der Waals surface area (Å²) >= 11 is 0. The fourth-order valence-corrected chi connectivity index (χ4v) is 4.80. The zero-order valence-electron chi connectivity index (χ0n) is 14.0. The minimum atomic E-state index is -0.730. The number of carbonyl (C=O) groups is 1. The number of rotatable bonds is 3. The maximum atomic E-state index is 13.2. The van der Waals surface area contributed by atoms with Crippen LogP contribution in [0.2, 0.25) is 0 Å². The van der Waals surface area contributed by atoms with Crippen molar-refractivity contribution in [1.82, 2.24) is 14.8 Å². The quantitative estimate of drug-likeness (QED) is 0.856. The number of amides is 1. The minimum absolute atomic E-state index is 0.121. The van der Waals surface area contributed by atoms with Crippen LogP contribution in [-0.4, -0.2) is 45.9 Å². The average molecular weight is 324 g/mol. The van der Waals surface area contributed by atoms with Crippen LogP contribution in [-0.2, 0) is 11.3 Å². The highest BCUT2D eigenvalue weighted by atomic mass is 16.2. The normalized spacial score (nSPS) is 28.7. The van der Waals surface area contributed by atoms with Gasteiger partial charge in [-0.05, 0) is 37.3 Å². The molecule has 0 spiro atoms. The first-order chi connectivity index (χ1) is 11.7. The maximum Gasteiger partial charge on any atom is 0.243 e. The predicted molar refractivity (Wildman–Crippen MR) is 89.7 cm³/mol. The number of hydrogen-bond acceptors (Lipinski definition) is 4. The summed E-state index contributed by atoms with van der Waals surface area (Å²) in [5.74, 6) is 0.121. The molecule has 0 aromatic carbocycles. The third-order valence-electron chi connectivity index (χ3n) is 6.00. The molecule has 0 radical (unpaired) electrons. The standard InChI is InChI=1S/C19H24N4O/c20-14-19(7-1-2-8-19)18(24)23-16-5-6-17(23)13-22(12-16)11-15-4-3-9-21-10-15/h3-4,9-10,16-17H,1-2,5-8,11-13H2. The van der Waals surface area contributed by atoms with Crippen LogP contribution >= 0.6 is 0 Å². The molecule has 2 saturated heterocycles. The fourth-order valence-electron chi connectivity index (χ4n) is 4.80. The van der Waals surface area contributed by atoms with Gasteiger partial charge >= 0.3 is 0 Å². The summed E-state index contributed by atoms with van der Waals surface area (Å²) < 4.78 is 0. The Morgan fingerprint density at radius 2 is 2.00 bits per heavy atom. The molecule has 1 aliphatic carbocycles. The number of carbonyl (C=O) groups excluding carboxylic acids is 1. The largest absolute Gasteiger partial charge is 0.333 e. The number of fused-ring (bicyclic) bond motifs is 2. The molecule has 2 atom stereocenters. The maximum absolute atomic E-state index is 13.2. The fraction of sp³-hybridized carbons (Fsp3) is 0.632. The molecule has 2 aliphatic heterocycles. The first-order valence-corrected chi connectivity index (χ1v) is 9.07. The Morgan fingerprint density at radius 3 is 2.58 bits per heavy atom. The number of hydrogen-bond donors (Lipinski definition) is 0. The molecule has 5 nitrogen and oxygen atoms in total. The van der Waals surface area contributed by atoms with Crippen molar-refractivity contribution in [3.8, 4) is 6.07 Å². The first-order valence-electron chi connectivity index (χ1n) is 9.07. The lowest BCUT2D eigenvalue weighted by atomic mass is 9.85. The van der Waals surface area contributed by atoms with Gasteiger partial charge in [-0.1, -0.05) is 18.9 Å². The second-order valence-corrected chi connectivity index (χ2v) is 7.55. The van der Waals surface area contributed by atoms with Crippen molar-refractivity contribution in [2.24, 2.45) is 5.41 Å². The van der Waals surface area contributed by atoms with E-state index in [4.69, 9.17) is 0 Å². The molecule has 126 valence electrons. The lowest BCUT2D eigenvalue weighted by Crippen LogP contribution is -2.58. The summed E-state index contributed by atoms with van der Waals surface area (Å²) in [6.45, 7) is 2.73. The van der Waals surface area contributed by atoms with E-state index in [1.165, 1.54) is 5.56 Å². The van der Waals surface area contributed by atoms with Gasteiger partial charge in [0.1, 0.15) is 5.41 Å². The van der Waals surface area contributed by atoms with Crippen molar-refractivity contribution < 1.29 is 4.79 Å². The van der Waals surface area contributed by atoms with Gasteiger partial charge < -0.3 is 4.90 Å². The summed E-state index contributed by atoms with van der Waals surface area (Å²) in [5, 5.41) is 9.64. The Bertz CT molecular complexity index is 633. The van der Waals surface area contributed by atoms with Crippen LogP contribution in [0.15, 0.2) is 24.5 Å². The Hall–Kier alpha value is -1.93. The van der Waals surface area contributed by atoms with E-state index in [9.17, 15) is 10.1 Å². The molecule has 2 unspecified atom stereocenters. The number of piperazine rings is 1. The van der Waals surface area contributed by atoms with Crippen LogP contribution in [0, 0.1) is 16.7 Å². The average Bonchev–Trinajstić information content (AvgIpc) is 3.19. The molecule has 1 saturated carbocycles. The zero-order valence-corrected chi connectivity index (χ0v) is 14.0. The van der Waals surface area contributed by atoms with Gasteiger partial charge in [-0.25, -0.2) is 0 Å². The molecule has 0 N–H and O–H groups in total. The van der Waals surface area contributed by atoms with Crippen LogP contribution in [0.1, 0.15) is 44.1 Å². The van der Waals surface area contributed by atoms with Gasteiger partial charge in [-0.2, -0.15) is 5.26 Å². The van der Waals surface area contributed by atoms with E-state index in [0.29, 0.717) is 0 Å². The second-order valence-electron chi connectivity index (χ2n) is 7.55. The van der Waals surface area contributed by atoms with Crippen LogP contribution in [0.5, 0.6) is 0 Å². The molecule has 2 bridgehead atoms. The van der Waals surface area contributed by atoms with Gasteiger partial charge in [-0.3, -0.25) is 14.7 Å². The van der Waals surface area contributed by atoms with Crippen molar-refractivity contribution in [2.75, 3.05) is 13.1 Å². The van der Waals surface area contributed by atoms with Crippen molar-refractivity contribution in [1.29, 1.82) is 5.26 Å². The SMILES string of the molecule is N#CC1(C(=O)N2C3CCC2CN(Cc2cccnc2)C3)CCCC1. The summed E-state index contributed by atoms with van der Waals surface area (Å²) in [4.78, 5) is 21.9. The van der Waals surface area contributed by atoms with E-state index in [2.05, 4.69) is 26.9 Å². The van der Waals surface area contributed by atoms with E-state index >= 15 is 0 Å². The highest BCUT2D eigenvalue weighted by molar-refractivity contribution is 5.86. The summed E-state index contributed by atoms with van der Waals surface area (Å²) in [5.41, 5.74) is 0.493. The smallest absolute Gasteiger partial charge is 0.243 e. The lowest BCUT2D eigenvalue weighted by molar-refractivity contribution is -0.145. The van der Waals surface area contributed by atoms with E-state index in [-0.39, 0.29) is 18.0 Å². The molecule has 3 aliphatic rings. The van der Waals surface area contributed by atoms with Crippen LogP contribution in [0.3, 0.4) is 0 Å². The van der Waals surface area contributed by atoms with Crippen molar-refractivity contribution >= 4 is 5.91 Å². The molecule has 24 heavy (non-hydrogen) atoms. The van der Waals surface area contributed by atoms with Crippen molar-refractivity contribution in [2.45, 2.75) is 57.2 Å². The lowest BCUT2D eigenvalue weighted by Gasteiger charge is -2.43. The third-order valence-corrected chi connectivity index (χ3v) is 6.00. The van der Waals surface area contributed by atoms with E-state index < -0.39 is 5.41 Å². The predicted octanol–water partition coefficient (Wildman–Crippen LogP) is 2.34. The summed E-state index contributed by atoms with van der Waals surface area (Å²) in [6, 6.07) is 7.01. The Kier molecular flexibility index (Phi) is 4.01. The molecule has 1 amide bonds. The molecule has 3 fully saturated rings. The third kappa shape index (κ3) is 2.59. The van der Waals surface area contributed by atoms with Gasteiger partial charge in [0.2, 0.25) is 5.91 Å². The van der Waals surface area contributed by atoms with Crippen LogP contribution in [0.4, 0.5) is 0 Å². The molecule has 1 aromatic heterocycles. The first kappa shape index (κ1) is 15.6. The topological polar surface area (TPSA) is 60.2 Å². The van der Waals surface area contributed by atoms with Crippen molar-refractivity contribution in [3.63, 3.8) is 0 Å². The van der Waals surface area contributed by atoms with Gasteiger partial charge in [0.25, 0.3) is 0 Å². The number of pyridine rings is 1. The monoisotopic (exact) mass is 324 g/mol. The second kappa shape index (κ2) is 6.18. The number of likely N-dealkylation sites (tertiary alicyclic amines) is 1. The molecule has 1 aromatic rings. The van der Waals surface area contributed by atoms with Gasteiger partial charge in [0.15, 0.2) is 0 Å². The molecular formula is C19H24N4O. The van der Waals surface area contributed by atoms with E-state index in [0.717, 1.165) is 58.2 Å². The number of aromatic nitrogens is 1. The van der Waals surface area contributed by atoms with Crippen molar-refractivity contribution in [3.05, 3.63) is 30.1 Å². The molecule has 4 rings (SSSR count). The van der Waals surface area contributed by atoms with Gasteiger partial charge in [-0.15, -0.1) is 0 Å². The summed E-state index contributed by atoms with van der Waals surface area (Å²) in [6.07, 6.45) is 9.37.